The molecule has 0 amide bonds. The van der Waals surface area contributed by atoms with E-state index in [9.17, 15) is 0 Å². The fraction of sp³-hybridized carbons (Fsp3) is 0.400. The van der Waals surface area contributed by atoms with Gasteiger partial charge >= 0.3 is 0 Å². The van der Waals surface area contributed by atoms with Crippen molar-refractivity contribution in [2.75, 3.05) is 49.1 Å². The van der Waals surface area contributed by atoms with Crippen LogP contribution in [0.25, 0.3) is 22.5 Å². The number of terminal acetylenes is 1. The minimum absolute atomic E-state index is 0.815. The molecular formula is C25H29N7. The molecule has 2 saturated heterocycles. The molecule has 0 aliphatic carbocycles. The Morgan fingerprint density at radius 3 is 2.31 bits per heavy atom. The van der Waals surface area contributed by atoms with Crippen molar-refractivity contribution in [2.45, 2.75) is 25.7 Å². The van der Waals surface area contributed by atoms with Gasteiger partial charge in [0.15, 0.2) is 0 Å². The van der Waals surface area contributed by atoms with Gasteiger partial charge in [-0.15, -0.1) is 6.42 Å². The van der Waals surface area contributed by atoms with Crippen LogP contribution in [-0.2, 0) is 0 Å². The van der Waals surface area contributed by atoms with Gasteiger partial charge in [0.1, 0.15) is 5.82 Å². The van der Waals surface area contributed by atoms with E-state index in [0.29, 0.717) is 0 Å². The highest BCUT2D eigenvalue weighted by molar-refractivity contribution is 5.73. The molecule has 5 rings (SSSR count). The summed E-state index contributed by atoms with van der Waals surface area (Å²) >= 11 is 0. The summed E-state index contributed by atoms with van der Waals surface area (Å²) in [6, 6.07) is 6.12. The first-order valence-electron chi connectivity index (χ1n) is 11.5. The summed E-state index contributed by atoms with van der Waals surface area (Å²) < 4.78 is 0. The fourth-order valence-electron chi connectivity index (χ4n) is 4.49. The molecule has 164 valence electrons. The number of nitrogens with one attached hydrogen (secondary N) is 2. The Morgan fingerprint density at radius 1 is 0.844 bits per heavy atom. The molecule has 7 nitrogen and oxygen atoms in total. The molecule has 0 spiro atoms. The van der Waals surface area contributed by atoms with Gasteiger partial charge in [0.25, 0.3) is 0 Å². The van der Waals surface area contributed by atoms with E-state index >= 15 is 0 Å². The summed E-state index contributed by atoms with van der Waals surface area (Å²) in [5, 5.41) is 3.38. The monoisotopic (exact) mass is 427 g/mol. The third kappa shape index (κ3) is 4.32. The van der Waals surface area contributed by atoms with Crippen LogP contribution < -0.4 is 15.1 Å². The van der Waals surface area contributed by atoms with Crippen molar-refractivity contribution < 1.29 is 0 Å². The summed E-state index contributed by atoms with van der Waals surface area (Å²) in [5.41, 5.74) is 4.70. The lowest BCUT2D eigenvalue weighted by Gasteiger charge is -2.28. The summed E-state index contributed by atoms with van der Waals surface area (Å²) in [7, 11) is 0. The second-order valence-electron chi connectivity index (χ2n) is 8.43. The quantitative estimate of drug-likeness (QED) is 0.623. The Bertz CT molecular complexity index is 1080. The normalized spacial score (nSPS) is 17.1. The number of pyridine rings is 1. The van der Waals surface area contributed by atoms with Gasteiger partial charge in [0.05, 0.1) is 11.3 Å². The zero-order valence-corrected chi connectivity index (χ0v) is 18.3. The lowest BCUT2D eigenvalue weighted by Crippen LogP contribution is -2.44. The average molecular weight is 428 g/mol. The molecule has 2 N–H and O–H groups in total. The van der Waals surface area contributed by atoms with E-state index in [0.717, 1.165) is 79.1 Å². The van der Waals surface area contributed by atoms with Crippen molar-refractivity contribution in [1.29, 1.82) is 0 Å². The number of H-pyrrole nitrogens is 1. The SMILES string of the molecule is C#Cc1cc(-c2ccnc(-c3cnc(N4CCCCCC4)nc3)c2)[nH]c1N1CCNCC1. The smallest absolute Gasteiger partial charge is 0.225 e. The molecule has 3 aromatic heterocycles. The maximum Gasteiger partial charge on any atom is 0.225 e. The maximum atomic E-state index is 5.81. The third-order valence-corrected chi connectivity index (χ3v) is 6.28. The molecule has 7 heteroatoms. The number of aromatic amines is 1. The van der Waals surface area contributed by atoms with Crippen molar-refractivity contribution in [1.82, 2.24) is 25.3 Å². The molecule has 0 atom stereocenters. The van der Waals surface area contributed by atoms with Crippen LogP contribution in [-0.4, -0.2) is 59.2 Å². The van der Waals surface area contributed by atoms with Gasteiger partial charge in [-0.1, -0.05) is 18.8 Å². The van der Waals surface area contributed by atoms with Gasteiger partial charge < -0.3 is 20.1 Å². The minimum atomic E-state index is 0.815. The number of piperazine rings is 1. The fourth-order valence-corrected chi connectivity index (χ4v) is 4.49. The van der Waals surface area contributed by atoms with E-state index < -0.39 is 0 Å². The number of anilines is 2. The van der Waals surface area contributed by atoms with E-state index in [1.807, 2.05) is 24.7 Å². The summed E-state index contributed by atoms with van der Waals surface area (Å²) in [5.74, 6) is 4.67. The van der Waals surface area contributed by atoms with Crippen LogP contribution in [0.4, 0.5) is 11.8 Å². The van der Waals surface area contributed by atoms with Gasteiger partial charge in [-0.3, -0.25) is 4.98 Å². The van der Waals surface area contributed by atoms with Crippen molar-refractivity contribution in [3.63, 3.8) is 0 Å². The number of hydrogen-bond donors (Lipinski definition) is 2. The Hall–Kier alpha value is -3.37. The lowest BCUT2D eigenvalue weighted by atomic mass is 10.1. The molecule has 0 unspecified atom stereocenters. The Labute approximate surface area is 189 Å². The lowest BCUT2D eigenvalue weighted by molar-refractivity contribution is 0.585. The number of aromatic nitrogens is 4. The Kier molecular flexibility index (Phi) is 6.04. The molecule has 3 aromatic rings. The van der Waals surface area contributed by atoms with Crippen molar-refractivity contribution >= 4 is 11.8 Å². The maximum absolute atomic E-state index is 5.81. The second-order valence-corrected chi connectivity index (χ2v) is 8.43. The molecule has 5 heterocycles. The van der Waals surface area contributed by atoms with Crippen LogP contribution >= 0.6 is 0 Å². The highest BCUT2D eigenvalue weighted by Crippen LogP contribution is 2.29. The Morgan fingerprint density at radius 2 is 1.59 bits per heavy atom. The van der Waals surface area contributed by atoms with Crippen molar-refractivity contribution in [3.05, 3.63) is 42.4 Å². The number of nitrogens with zero attached hydrogens (tertiary/aromatic N) is 5. The van der Waals surface area contributed by atoms with Gasteiger partial charge in [-0.05, 0) is 31.0 Å². The summed E-state index contributed by atoms with van der Waals surface area (Å²) in [4.78, 5) is 22.0. The number of hydrogen-bond acceptors (Lipinski definition) is 6. The zero-order valence-electron chi connectivity index (χ0n) is 18.3. The molecule has 32 heavy (non-hydrogen) atoms. The summed E-state index contributed by atoms with van der Waals surface area (Å²) in [6.45, 7) is 5.88. The van der Waals surface area contributed by atoms with Gasteiger partial charge in [0.2, 0.25) is 5.95 Å². The standard InChI is InChI=1S/C25H29N7/c1-2-19-15-23(30-24(19)31-13-9-26-10-14-31)20-7-8-27-22(16-20)21-17-28-25(29-18-21)32-11-5-3-4-6-12-32/h1,7-8,15-18,26,30H,3-6,9-14H2. The van der Waals surface area contributed by atoms with E-state index in [-0.39, 0.29) is 0 Å². The largest absolute Gasteiger partial charge is 0.355 e. The molecule has 0 aromatic carbocycles. The summed E-state index contributed by atoms with van der Waals surface area (Å²) in [6.07, 6.45) is 16.4. The third-order valence-electron chi connectivity index (χ3n) is 6.28. The molecule has 0 radical (unpaired) electrons. The van der Waals surface area contributed by atoms with E-state index in [1.54, 1.807) is 0 Å². The second kappa shape index (κ2) is 9.41. The molecule has 2 aliphatic heterocycles. The molecule has 0 bridgehead atoms. The van der Waals surface area contributed by atoms with Gasteiger partial charge in [-0.25, -0.2) is 9.97 Å². The molecule has 2 aliphatic rings. The first kappa shape index (κ1) is 20.5. The van der Waals surface area contributed by atoms with E-state index in [2.05, 4.69) is 53.1 Å². The van der Waals surface area contributed by atoms with Crippen molar-refractivity contribution in [2.24, 2.45) is 0 Å². The average Bonchev–Trinajstić information content (AvgIpc) is 3.12. The molecular weight excluding hydrogens is 398 g/mol. The van der Waals surface area contributed by atoms with Gasteiger partial charge in [-0.2, -0.15) is 0 Å². The van der Waals surface area contributed by atoms with Crippen molar-refractivity contribution in [3.8, 4) is 34.9 Å². The highest BCUT2D eigenvalue weighted by Gasteiger charge is 2.18. The van der Waals surface area contributed by atoms with Crippen LogP contribution in [0.1, 0.15) is 31.2 Å². The van der Waals surface area contributed by atoms with E-state index in [1.165, 1.54) is 25.7 Å². The van der Waals surface area contributed by atoms with E-state index in [4.69, 9.17) is 6.42 Å². The molecule has 2 fully saturated rings. The highest BCUT2D eigenvalue weighted by atomic mass is 15.2. The van der Waals surface area contributed by atoms with Crippen LogP contribution in [0.3, 0.4) is 0 Å². The molecule has 0 saturated carbocycles. The number of rotatable bonds is 4. The predicted molar refractivity (Wildman–Crippen MR) is 129 cm³/mol. The first-order chi connectivity index (χ1) is 15.8. The first-order valence-corrected chi connectivity index (χ1v) is 11.5. The van der Waals surface area contributed by atoms with Crippen LogP contribution in [0.2, 0.25) is 0 Å². The van der Waals surface area contributed by atoms with Crippen LogP contribution in [0, 0.1) is 12.3 Å². The van der Waals surface area contributed by atoms with Gasteiger partial charge in [0, 0.05) is 74.7 Å². The minimum Gasteiger partial charge on any atom is -0.355 e. The predicted octanol–water partition coefficient (Wildman–Crippen LogP) is 3.31. The van der Waals surface area contributed by atoms with Crippen LogP contribution in [0.5, 0.6) is 0 Å². The Balaban J connectivity index is 1.39. The van der Waals surface area contributed by atoms with Crippen LogP contribution in [0.15, 0.2) is 36.8 Å². The topological polar surface area (TPSA) is 73.0 Å². The zero-order chi connectivity index (χ0) is 21.8.